The number of esters is 1. The number of ether oxygens (including phenoxy) is 1. The smallest absolute Gasteiger partial charge is 0.343 e. The number of hydrogen-bond donors (Lipinski definition) is 1. The number of pyridine rings is 1. The standard InChI is InChI=1S/C16H19ClN2O3S/c1-2-22-16(21)13(10-19-11-5-8-23-9-6-11)14(20)12-4-3-7-18-15(12)17/h3-4,7,10-11,20H,2,5-6,8-9H2,1H3. The molecule has 1 aromatic rings. The minimum atomic E-state index is -0.626. The normalized spacial score (nSPS) is 17.1. The number of rotatable bonds is 5. The molecule has 0 amide bonds. The highest BCUT2D eigenvalue weighted by Gasteiger charge is 2.19. The molecule has 2 heterocycles. The highest BCUT2D eigenvalue weighted by molar-refractivity contribution is 7.99. The summed E-state index contributed by atoms with van der Waals surface area (Å²) >= 11 is 7.89. The lowest BCUT2D eigenvalue weighted by Gasteiger charge is -2.17. The summed E-state index contributed by atoms with van der Waals surface area (Å²) in [6.07, 6.45) is 4.84. The van der Waals surface area contributed by atoms with Crippen molar-refractivity contribution in [2.24, 2.45) is 4.99 Å². The van der Waals surface area contributed by atoms with Gasteiger partial charge in [0, 0.05) is 12.4 Å². The number of aromatic nitrogens is 1. The Morgan fingerprint density at radius 2 is 2.30 bits per heavy atom. The molecule has 2 rings (SSSR count). The first kappa shape index (κ1) is 17.8. The lowest BCUT2D eigenvalue weighted by atomic mass is 10.1. The van der Waals surface area contributed by atoms with Gasteiger partial charge in [-0.1, -0.05) is 11.6 Å². The Kier molecular flexibility index (Phi) is 6.92. The van der Waals surface area contributed by atoms with E-state index in [-0.39, 0.29) is 34.7 Å². The van der Waals surface area contributed by atoms with Crippen LogP contribution in [0.1, 0.15) is 25.3 Å². The first-order chi connectivity index (χ1) is 11.1. The van der Waals surface area contributed by atoms with E-state index in [9.17, 15) is 9.90 Å². The zero-order valence-electron chi connectivity index (χ0n) is 12.9. The minimum absolute atomic E-state index is 0.0000217. The zero-order valence-corrected chi connectivity index (χ0v) is 14.4. The summed E-state index contributed by atoms with van der Waals surface area (Å²) in [7, 11) is 0. The van der Waals surface area contributed by atoms with E-state index in [1.165, 1.54) is 12.4 Å². The molecule has 1 aliphatic heterocycles. The molecule has 0 bridgehead atoms. The van der Waals surface area contributed by atoms with Gasteiger partial charge in [0.1, 0.15) is 16.5 Å². The van der Waals surface area contributed by atoms with Crippen molar-refractivity contribution in [1.82, 2.24) is 4.98 Å². The number of carbonyl (C=O) groups is 1. The molecule has 1 N–H and O–H groups in total. The molecule has 1 aromatic heterocycles. The molecule has 1 saturated heterocycles. The van der Waals surface area contributed by atoms with Crippen LogP contribution in [0.3, 0.4) is 0 Å². The topological polar surface area (TPSA) is 71.8 Å². The van der Waals surface area contributed by atoms with Crippen LogP contribution in [0, 0.1) is 0 Å². The molecule has 0 unspecified atom stereocenters. The SMILES string of the molecule is CCOC(=O)C(C=NC1CCSCC1)=C(O)c1cccnc1Cl. The van der Waals surface area contributed by atoms with Crippen molar-refractivity contribution < 1.29 is 14.6 Å². The van der Waals surface area contributed by atoms with Crippen molar-refractivity contribution in [2.45, 2.75) is 25.8 Å². The van der Waals surface area contributed by atoms with E-state index in [1.807, 2.05) is 11.8 Å². The Morgan fingerprint density at radius 3 is 2.96 bits per heavy atom. The number of aliphatic hydroxyl groups excluding tert-OH is 1. The number of hydrogen-bond acceptors (Lipinski definition) is 6. The van der Waals surface area contributed by atoms with Gasteiger partial charge in [0.2, 0.25) is 0 Å². The van der Waals surface area contributed by atoms with E-state index in [0.29, 0.717) is 0 Å². The Hall–Kier alpha value is -1.53. The van der Waals surface area contributed by atoms with Crippen LogP contribution in [-0.2, 0) is 9.53 Å². The number of carbonyl (C=O) groups excluding carboxylic acids is 1. The fourth-order valence-electron chi connectivity index (χ4n) is 2.14. The average Bonchev–Trinajstić information content (AvgIpc) is 2.56. The van der Waals surface area contributed by atoms with Crippen LogP contribution in [0.5, 0.6) is 0 Å². The molecule has 5 nitrogen and oxygen atoms in total. The number of halogens is 1. The Bertz CT molecular complexity index is 613. The van der Waals surface area contributed by atoms with Gasteiger partial charge in [-0.25, -0.2) is 9.78 Å². The predicted octanol–water partition coefficient (Wildman–Crippen LogP) is 3.53. The van der Waals surface area contributed by atoms with Crippen LogP contribution < -0.4 is 0 Å². The number of nitrogens with zero attached hydrogens (tertiary/aromatic N) is 2. The summed E-state index contributed by atoms with van der Waals surface area (Å²) in [5.74, 6) is 1.22. The van der Waals surface area contributed by atoms with Gasteiger partial charge in [-0.3, -0.25) is 4.99 Å². The maximum Gasteiger partial charge on any atom is 0.343 e. The second-order valence-corrected chi connectivity index (χ2v) is 6.53. The number of thioether (sulfide) groups is 1. The highest BCUT2D eigenvalue weighted by atomic mass is 35.5. The molecular formula is C16H19ClN2O3S. The molecule has 124 valence electrons. The van der Waals surface area contributed by atoms with Gasteiger partial charge in [-0.15, -0.1) is 0 Å². The van der Waals surface area contributed by atoms with Crippen molar-refractivity contribution in [3.05, 3.63) is 34.6 Å². The third-order valence-corrected chi connectivity index (χ3v) is 4.72. The van der Waals surface area contributed by atoms with E-state index < -0.39 is 5.97 Å². The summed E-state index contributed by atoms with van der Waals surface area (Å²) in [6, 6.07) is 3.39. The molecule has 1 fully saturated rings. The number of aliphatic hydroxyl groups is 1. The average molecular weight is 355 g/mol. The van der Waals surface area contributed by atoms with E-state index >= 15 is 0 Å². The van der Waals surface area contributed by atoms with Crippen LogP contribution in [0.15, 0.2) is 28.9 Å². The quantitative estimate of drug-likeness (QED) is 0.288. The Morgan fingerprint density at radius 1 is 1.57 bits per heavy atom. The van der Waals surface area contributed by atoms with Crippen LogP contribution >= 0.6 is 23.4 Å². The summed E-state index contributed by atoms with van der Waals surface area (Å²) in [4.78, 5) is 20.5. The molecule has 0 atom stereocenters. The molecule has 23 heavy (non-hydrogen) atoms. The predicted molar refractivity (Wildman–Crippen MR) is 94.3 cm³/mol. The highest BCUT2D eigenvalue weighted by Crippen LogP contribution is 2.23. The fourth-order valence-corrected chi connectivity index (χ4v) is 3.43. The number of aliphatic imine (C=N–C) groups is 1. The van der Waals surface area contributed by atoms with Gasteiger partial charge in [-0.2, -0.15) is 11.8 Å². The van der Waals surface area contributed by atoms with Crippen LogP contribution in [0.25, 0.3) is 5.76 Å². The van der Waals surface area contributed by atoms with E-state index in [1.54, 1.807) is 19.1 Å². The maximum atomic E-state index is 12.1. The van der Waals surface area contributed by atoms with Crippen molar-refractivity contribution in [1.29, 1.82) is 0 Å². The summed E-state index contributed by atoms with van der Waals surface area (Å²) in [6.45, 7) is 1.92. The van der Waals surface area contributed by atoms with Gasteiger partial charge in [0.05, 0.1) is 18.2 Å². The first-order valence-corrected chi connectivity index (χ1v) is 8.99. The Labute approximate surface area is 144 Å². The van der Waals surface area contributed by atoms with Gasteiger partial charge in [-0.05, 0) is 43.4 Å². The molecule has 0 saturated carbocycles. The lowest BCUT2D eigenvalue weighted by Crippen LogP contribution is -2.16. The van der Waals surface area contributed by atoms with E-state index in [0.717, 1.165) is 24.3 Å². The molecule has 0 aliphatic carbocycles. The third kappa shape index (κ3) is 4.97. The molecular weight excluding hydrogens is 336 g/mol. The Balaban J connectivity index is 2.32. The summed E-state index contributed by atoms with van der Waals surface area (Å²) in [5.41, 5.74) is 0.280. The second kappa shape index (κ2) is 8.93. The van der Waals surface area contributed by atoms with E-state index in [2.05, 4.69) is 9.98 Å². The molecule has 1 aliphatic rings. The van der Waals surface area contributed by atoms with Crippen molar-refractivity contribution in [3.8, 4) is 0 Å². The van der Waals surface area contributed by atoms with Crippen LogP contribution in [0.4, 0.5) is 0 Å². The largest absolute Gasteiger partial charge is 0.506 e. The van der Waals surface area contributed by atoms with Crippen LogP contribution in [0.2, 0.25) is 5.15 Å². The summed E-state index contributed by atoms with van der Waals surface area (Å²) in [5, 5.41) is 10.6. The van der Waals surface area contributed by atoms with Crippen molar-refractivity contribution in [3.63, 3.8) is 0 Å². The first-order valence-electron chi connectivity index (χ1n) is 7.45. The zero-order chi connectivity index (χ0) is 16.7. The molecule has 0 aromatic carbocycles. The van der Waals surface area contributed by atoms with Crippen molar-refractivity contribution >= 4 is 41.3 Å². The van der Waals surface area contributed by atoms with Crippen molar-refractivity contribution in [2.75, 3.05) is 18.1 Å². The third-order valence-electron chi connectivity index (χ3n) is 3.37. The maximum absolute atomic E-state index is 12.1. The van der Waals surface area contributed by atoms with Gasteiger partial charge < -0.3 is 9.84 Å². The van der Waals surface area contributed by atoms with Crippen LogP contribution in [-0.4, -0.2) is 46.4 Å². The molecule has 0 radical (unpaired) electrons. The summed E-state index contributed by atoms with van der Waals surface area (Å²) < 4.78 is 5.01. The van der Waals surface area contributed by atoms with Gasteiger partial charge in [0.15, 0.2) is 0 Å². The molecule has 7 heteroatoms. The molecule has 0 spiro atoms. The van der Waals surface area contributed by atoms with Gasteiger partial charge in [0.25, 0.3) is 0 Å². The second-order valence-electron chi connectivity index (χ2n) is 4.95. The lowest BCUT2D eigenvalue weighted by molar-refractivity contribution is -0.137. The monoisotopic (exact) mass is 354 g/mol. The van der Waals surface area contributed by atoms with E-state index in [4.69, 9.17) is 16.3 Å². The van der Waals surface area contributed by atoms with Gasteiger partial charge >= 0.3 is 5.97 Å². The minimum Gasteiger partial charge on any atom is -0.506 e. The fraction of sp³-hybridized carbons (Fsp3) is 0.438.